The SMILES string of the molecule is Cc1ccc([C@H]2OCCC[C@@H]2Nc2ccc3nnnn3n2)cc1. The van der Waals surface area contributed by atoms with Gasteiger partial charge in [-0.05, 0) is 47.9 Å². The second-order valence-corrected chi connectivity index (χ2v) is 5.84. The predicted octanol–water partition coefficient (Wildman–Crippen LogP) is 2.16. The first-order chi connectivity index (χ1) is 11.3. The lowest BCUT2D eigenvalue weighted by Gasteiger charge is -2.33. The Labute approximate surface area is 133 Å². The van der Waals surface area contributed by atoms with E-state index in [0.717, 1.165) is 25.3 Å². The number of nitrogens with zero attached hydrogens (tertiary/aromatic N) is 5. The van der Waals surface area contributed by atoms with E-state index in [4.69, 9.17) is 4.74 Å². The van der Waals surface area contributed by atoms with Crippen LogP contribution in [0.3, 0.4) is 0 Å². The summed E-state index contributed by atoms with van der Waals surface area (Å²) < 4.78 is 7.45. The molecule has 4 rings (SSSR count). The number of hydrogen-bond donors (Lipinski definition) is 1. The molecule has 0 bridgehead atoms. The Bertz CT molecular complexity index is 800. The smallest absolute Gasteiger partial charge is 0.200 e. The van der Waals surface area contributed by atoms with E-state index in [0.29, 0.717) is 5.65 Å². The molecule has 3 heterocycles. The molecule has 1 aliphatic heterocycles. The zero-order valence-electron chi connectivity index (χ0n) is 12.9. The van der Waals surface area contributed by atoms with Crippen LogP contribution in [0.1, 0.15) is 30.1 Å². The zero-order chi connectivity index (χ0) is 15.6. The Kier molecular flexibility index (Phi) is 3.63. The number of benzene rings is 1. The minimum Gasteiger partial charge on any atom is -0.371 e. The van der Waals surface area contributed by atoms with Crippen molar-refractivity contribution in [3.05, 3.63) is 47.5 Å². The highest BCUT2D eigenvalue weighted by Crippen LogP contribution is 2.30. The lowest BCUT2D eigenvalue weighted by Crippen LogP contribution is -2.34. The Balaban J connectivity index is 1.58. The number of tetrazole rings is 1. The molecule has 118 valence electrons. The Morgan fingerprint density at radius 3 is 2.91 bits per heavy atom. The van der Waals surface area contributed by atoms with Crippen LogP contribution >= 0.6 is 0 Å². The highest BCUT2D eigenvalue weighted by molar-refractivity contribution is 5.43. The van der Waals surface area contributed by atoms with Gasteiger partial charge < -0.3 is 10.1 Å². The van der Waals surface area contributed by atoms with Crippen molar-refractivity contribution in [2.24, 2.45) is 0 Å². The van der Waals surface area contributed by atoms with Gasteiger partial charge in [-0.25, -0.2) is 0 Å². The van der Waals surface area contributed by atoms with Crippen molar-refractivity contribution >= 4 is 11.5 Å². The molecule has 1 aliphatic rings. The van der Waals surface area contributed by atoms with Gasteiger partial charge in [0.25, 0.3) is 0 Å². The fourth-order valence-electron chi connectivity index (χ4n) is 2.93. The van der Waals surface area contributed by atoms with Crippen LogP contribution in [0.15, 0.2) is 36.4 Å². The summed E-state index contributed by atoms with van der Waals surface area (Å²) in [7, 11) is 0. The molecule has 1 aromatic carbocycles. The summed E-state index contributed by atoms with van der Waals surface area (Å²) >= 11 is 0. The highest BCUT2D eigenvalue weighted by Gasteiger charge is 2.27. The summed E-state index contributed by atoms with van der Waals surface area (Å²) in [5.41, 5.74) is 3.07. The minimum absolute atomic E-state index is 0.0238. The van der Waals surface area contributed by atoms with Crippen LogP contribution in [0.25, 0.3) is 5.65 Å². The third kappa shape index (κ3) is 2.87. The number of aryl methyl sites for hydroxylation is 1. The minimum atomic E-state index is 0.0238. The molecule has 0 aliphatic carbocycles. The Morgan fingerprint density at radius 1 is 1.17 bits per heavy atom. The molecule has 7 heteroatoms. The van der Waals surface area contributed by atoms with Crippen LogP contribution in [0.2, 0.25) is 0 Å². The van der Waals surface area contributed by atoms with Crippen molar-refractivity contribution in [2.75, 3.05) is 11.9 Å². The maximum Gasteiger partial charge on any atom is 0.200 e. The number of hydrogen-bond acceptors (Lipinski definition) is 6. The first-order valence-corrected chi connectivity index (χ1v) is 7.80. The molecule has 3 aromatic rings. The largest absolute Gasteiger partial charge is 0.371 e. The van der Waals surface area contributed by atoms with E-state index in [-0.39, 0.29) is 12.1 Å². The number of nitrogens with one attached hydrogen (secondary N) is 1. The number of rotatable bonds is 3. The van der Waals surface area contributed by atoms with E-state index in [2.05, 4.69) is 57.1 Å². The molecule has 1 fully saturated rings. The Morgan fingerprint density at radius 2 is 2.04 bits per heavy atom. The second-order valence-electron chi connectivity index (χ2n) is 5.84. The van der Waals surface area contributed by atoms with Crippen LogP contribution in [0, 0.1) is 6.92 Å². The number of ether oxygens (including phenoxy) is 1. The number of fused-ring (bicyclic) bond motifs is 1. The monoisotopic (exact) mass is 310 g/mol. The average Bonchev–Trinajstić information content (AvgIpc) is 3.04. The second kappa shape index (κ2) is 5.92. The quantitative estimate of drug-likeness (QED) is 0.799. The molecular formula is C16H18N6O. The molecule has 23 heavy (non-hydrogen) atoms. The van der Waals surface area contributed by atoms with Gasteiger partial charge >= 0.3 is 0 Å². The van der Waals surface area contributed by atoms with Crippen LogP contribution in [0.4, 0.5) is 5.82 Å². The third-order valence-electron chi connectivity index (χ3n) is 4.13. The van der Waals surface area contributed by atoms with Gasteiger partial charge in [-0.1, -0.05) is 29.8 Å². The molecule has 2 atom stereocenters. The normalized spacial score (nSPS) is 21.4. The molecule has 0 saturated carbocycles. The van der Waals surface area contributed by atoms with Gasteiger partial charge in [0.2, 0.25) is 0 Å². The van der Waals surface area contributed by atoms with Crippen molar-refractivity contribution in [2.45, 2.75) is 31.9 Å². The van der Waals surface area contributed by atoms with Gasteiger partial charge in [-0.3, -0.25) is 0 Å². The zero-order valence-corrected chi connectivity index (χ0v) is 12.9. The summed E-state index contributed by atoms with van der Waals surface area (Å²) in [6.45, 7) is 2.88. The van der Waals surface area contributed by atoms with E-state index in [1.807, 2.05) is 12.1 Å². The van der Waals surface area contributed by atoms with Gasteiger partial charge in [-0.2, -0.15) is 0 Å². The third-order valence-corrected chi connectivity index (χ3v) is 4.13. The molecule has 0 radical (unpaired) electrons. The molecule has 0 amide bonds. The van der Waals surface area contributed by atoms with Gasteiger partial charge in [-0.15, -0.1) is 14.8 Å². The van der Waals surface area contributed by atoms with Crippen LogP contribution in [-0.2, 0) is 4.74 Å². The first-order valence-electron chi connectivity index (χ1n) is 7.80. The molecule has 1 saturated heterocycles. The van der Waals surface area contributed by atoms with Gasteiger partial charge in [0.05, 0.1) is 6.04 Å². The van der Waals surface area contributed by atoms with Crippen molar-refractivity contribution in [1.82, 2.24) is 25.3 Å². The molecule has 0 unspecified atom stereocenters. The summed E-state index contributed by atoms with van der Waals surface area (Å²) in [4.78, 5) is 0. The van der Waals surface area contributed by atoms with Crippen molar-refractivity contribution in [1.29, 1.82) is 0 Å². The Hall–Kier alpha value is -2.54. The van der Waals surface area contributed by atoms with E-state index >= 15 is 0 Å². The van der Waals surface area contributed by atoms with Gasteiger partial charge in [0.15, 0.2) is 5.65 Å². The predicted molar refractivity (Wildman–Crippen MR) is 85.1 cm³/mol. The molecule has 1 N–H and O–H groups in total. The average molecular weight is 310 g/mol. The fraction of sp³-hybridized carbons (Fsp3) is 0.375. The van der Waals surface area contributed by atoms with E-state index < -0.39 is 0 Å². The van der Waals surface area contributed by atoms with E-state index in [1.165, 1.54) is 15.8 Å². The molecule has 7 nitrogen and oxygen atoms in total. The standard InChI is InChI=1S/C16H18N6O/c1-11-4-6-12(7-5-11)16-13(3-2-10-23-16)17-14-8-9-15-18-20-21-22(15)19-14/h4-9,13,16H,2-3,10H2,1H3,(H,17,19)/t13-,16+/m0/s1. The van der Waals surface area contributed by atoms with Gasteiger partial charge in [0, 0.05) is 6.61 Å². The maximum absolute atomic E-state index is 6.02. The van der Waals surface area contributed by atoms with E-state index in [1.54, 1.807) is 0 Å². The summed E-state index contributed by atoms with van der Waals surface area (Å²) in [6.07, 6.45) is 2.09. The lowest BCUT2D eigenvalue weighted by molar-refractivity contribution is 0.00553. The summed E-state index contributed by atoms with van der Waals surface area (Å²) in [5.74, 6) is 0.748. The van der Waals surface area contributed by atoms with Gasteiger partial charge in [0.1, 0.15) is 11.9 Å². The number of aromatic nitrogens is 5. The number of anilines is 1. The first kappa shape index (κ1) is 14.1. The van der Waals surface area contributed by atoms with E-state index in [9.17, 15) is 0 Å². The topological polar surface area (TPSA) is 77.2 Å². The molecule has 0 spiro atoms. The fourth-order valence-corrected chi connectivity index (χ4v) is 2.93. The summed E-state index contributed by atoms with van der Waals surface area (Å²) in [5, 5.41) is 19.2. The van der Waals surface area contributed by atoms with Crippen molar-refractivity contribution in [3.8, 4) is 0 Å². The maximum atomic E-state index is 6.02. The van der Waals surface area contributed by atoms with Crippen molar-refractivity contribution in [3.63, 3.8) is 0 Å². The van der Waals surface area contributed by atoms with Crippen molar-refractivity contribution < 1.29 is 4.74 Å². The highest BCUT2D eigenvalue weighted by atomic mass is 16.5. The lowest BCUT2D eigenvalue weighted by atomic mass is 9.95. The molecule has 2 aromatic heterocycles. The summed E-state index contributed by atoms with van der Waals surface area (Å²) in [6, 6.07) is 12.4. The van der Waals surface area contributed by atoms with Crippen LogP contribution < -0.4 is 5.32 Å². The van der Waals surface area contributed by atoms with Crippen LogP contribution in [0.5, 0.6) is 0 Å². The molecular weight excluding hydrogens is 292 g/mol. The van der Waals surface area contributed by atoms with Crippen LogP contribution in [-0.4, -0.2) is 37.9 Å².